The fraction of sp³-hybridized carbons (Fsp3) is 0.585. The zero-order valence-corrected chi connectivity index (χ0v) is 37.4. The zero-order valence-electron chi connectivity index (χ0n) is 36.6. The van der Waals surface area contributed by atoms with Crippen LogP contribution in [0.4, 0.5) is 10.5 Å². The minimum atomic E-state index is -1.05. The predicted molar refractivity (Wildman–Crippen MR) is 236 cm³/mol. The summed E-state index contributed by atoms with van der Waals surface area (Å²) in [5.74, 6) is -5.21. The number of urea groups is 1. The number of carbonyl (C=O) groups excluding carboxylic acids is 6. The van der Waals surface area contributed by atoms with Gasteiger partial charge in [-0.1, -0.05) is 32.4 Å². The Kier molecular flexibility index (Phi) is 22.7. The number of benzene rings is 1. The van der Waals surface area contributed by atoms with Crippen LogP contribution in [0.1, 0.15) is 32.3 Å². The third kappa shape index (κ3) is 19.4. The molecular formula is C41H62N10O12S. The third-order valence-electron chi connectivity index (χ3n) is 10.6. The molecule has 7 amide bonds. The van der Waals surface area contributed by atoms with Crippen LogP contribution < -0.4 is 26.6 Å². The summed E-state index contributed by atoms with van der Waals surface area (Å²) in [5, 5.41) is 42.0. The van der Waals surface area contributed by atoms with E-state index in [0.717, 1.165) is 17.1 Å². The van der Waals surface area contributed by atoms with Crippen LogP contribution in [-0.4, -0.2) is 209 Å². The predicted octanol–water partition coefficient (Wildman–Crippen LogP) is -1.41. The zero-order chi connectivity index (χ0) is 47.2. The molecular weight excluding hydrogens is 857 g/mol. The maximum Gasteiger partial charge on any atom is 0.319 e. The summed E-state index contributed by atoms with van der Waals surface area (Å²) >= 11 is 1.48. The van der Waals surface area contributed by atoms with Gasteiger partial charge in [-0.2, -0.15) is 11.8 Å². The van der Waals surface area contributed by atoms with Crippen molar-refractivity contribution >= 4 is 70.9 Å². The molecule has 0 spiro atoms. The number of carboxylic acid groups (broad SMARTS) is 3. The Hall–Kier alpha value is -5.62. The number of anilines is 1. The molecule has 0 aromatic heterocycles. The molecule has 0 saturated carbocycles. The molecule has 0 bridgehead atoms. The summed E-state index contributed by atoms with van der Waals surface area (Å²) in [5.41, 5.74) is 1.11. The van der Waals surface area contributed by atoms with Crippen molar-refractivity contribution in [2.45, 2.75) is 45.3 Å². The second-order valence-electron chi connectivity index (χ2n) is 15.5. The van der Waals surface area contributed by atoms with Gasteiger partial charge in [0.25, 0.3) is 11.8 Å². The molecule has 1 aromatic rings. The lowest BCUT2D eigenvalue weighted by Crippen LogP contribution is -2.56. The normalized spacial score (nSPS) is 17.3. The van der Waals surface area contributed by atoms with E-state index in [1.807, 2.05) is 18.1 Å². The van der Waals surface area contributed by atoms with Crippen LogP contribution in [-0.2, 0) is 44.9 Å². The molecule has 3 atom stereocenters. The molecule has 0 radical (unpaired) electrons. The van der Waals surface area contributed by atoms with Gasteiger partial charge in [0, 0.05) is 89.8 Å². The van der Waals surface area contributed by atoms with Gasteiger partial charge in [0.15, 0.2) is 0 Å². The minimum Gasteiger partial charge on any atom is -0.480 e. The van der Waals surface area contributed by atoms with Crippen LogP contribution in [0.15, 0.2) is 36.4 Å². The van der Waals surface area contributed by atoms with Gasteiger partial charge in [-0.3, -0.25) is 62.9 Å². The molecule has 22 nitrogen and oxygen atoms in total. The van der Waals surface area contributed by atoms with Gasteiger partial charge in [-0.05, 0) is 42.0 Å². The molecule has 8 N–H and O–H groups in total. The van der Waals surface area contributed by atoms with E-state index in [9.17, 15) is 58.5 Å². The van der Waals surface area contributed by atoms with Crippen molar-refractivity contribution in [3.05, 3.63) is 42.0 Å². The van der Waals surface area contributed by atoms with E-state index < -0.39 is 59.7 Å². The maximum absolute atomic E-state index is 13.5. The summed E-state index contributed by atoms with van der Waals surface area (Å²) in [6.07, 6.45) is 4.99. The highest BCUT2D eigenvalue weighted by Gasteiger charge is 2.31. The number of nitrogens with zero attached hydrogens (tertiary/aromatic N) is 5. The summed E-state index contributed by atoms with van der Waals surface area (Å²) in [4.78, 5) is 119. The lowest BCUT2D eigenvalue weighted by Gasteiger charge is -2.32. The van der Waals surface area contributed by atoms with Crippen LogP contribution in [0.5, 0.6) is 0 Å². The van der Waals surface area contributed by atoms with Crippen molar-refractivity contribution in [1.29, 1.82) is 0 Å². The van der Waals surface area contributed by atoms with E-state index in [-0.39, 0.29) is 103 Å². The van der Waals surface area contributed by atoms with Gasteiger partial charge in [0.05, 0.1) is 26.2 Å². The first kappa shape index (κ1) is 52.7. The molecule has 23 heteroatoms. The average Bonchev–Trinajstić information content (AvgIpc) is 3.56. The number of rotatable bonds is 23. The number of hydrogen-bond donors (Lipinski definition) is 8. The number of aliphatic carboxylic acids is 3. The highest BCUT2D eigenvalue weighted by atomic mass is 32.2. The Morgan fingerprint density at radius 1 is 0.688 bits per heavy atom. The highest BCUT2D eigenvalue weighted by molar-refractivity contribution is 7.98. The SMILES string of the molecule is CC[C@H](C)[C@H](NC(=O)[C@H](CCSC)NC(=O)Nc1ccc(CNC(=O)CN2CCN(CC(=O)O)CCN(CC(=O)O)CCN(CC(=O)O)CC2)cc1)C(=O)NCCN1C(=O)C=CC1=O. The third-order valence-corrected chi connectivity index (χ3v) is 11.3. The molecule has 2 heterocycles. The molecule has 0 unspecified atom stereocenters. The van der Waals surface area contributed by atoms with Gasteiger partial charge >= 0.3 is 23.9 Å². The lowest BCUT2D eigenvalue weighted by atomic mass is 9.97. The van der Waals surface area contributed by atoms with Gasteiger partial charge in [-0.15, -0.1) is 0 Å². The monoisotopic (exact) mass is 918 g/mol. The Balaban J connectivity index is 1.56. The molecule has 2 aliphatic heterocycles. The first-order valence-corrected chi connectivity index (χ1v) is 22.5. The topological polar surface area (TPSA) is 291 Å². The Labute approximate surface area is 376 Å². The maximum atomic E-state index is 13.5. The van der Waals surface area contributed by atoms with Crippen molar-refractivity contribution < 1.29 is 58.5 Å². The first-order valence-electron chi connectivity index (χ1n) is 21.1. The van der Waals surface area contributed by atoms with E-state index >= 15 is 0 Å². The van der Waals surface area contributed by atoms with Gasteiger partial charge in [-0.25, -0.2) is 4.79 Å². The Bertz CT molecular complexity index is 1770. The van der Waals surface area contributed by atoms with Crippen LogP contribution >= 0.6 is 11.8 Å². The summed E-state index contributed by atoms with van der Waals surface area (Å²) in [7, 11) is 0. The summed E-state index contributed by atoms with van der Waals surface area (Å²) < 4.78 is 0. The molecule has 1 saturated heterocycles. The molecule has 354 valence electrons. The first-order chi connectivity index (χ1) is 30.5. The summed E-state index contributed by atoms with van der Waals surface area (Å²) in [6.45, 7) is 5.05. The number of carboxylic acids is 3. The van der Waals surface area contributed by atoms with Gasteiger partial charge in [0.1, 0.15) is 12.1 Å². The average molecular weight is 919 g/mol. The summed E-state index contributed by atoms with van der Waals surface area (Å²) in [6, 6.07) is 4.06. The second-order valence-corrected chi connectivity index (χ2v) is 16.5. The van der Waals surface area contributed by atoms with Crippen LogP contribution in [0.3, 0.4) is 0 Å². The Morgan fingerprint density at radius 3 is 1.62 bits per heavy atom. The van der Waals surface area contributed by atoms with Crippen molar-refractivity contribution in [3.63, 3.8) is 0 Å². The Morgan fingerprint density at radius 2 is 1.17 bits per heavy atom. The van der Waals surface area contributed by atoms with Crippen LogP contribution in [0.2, 0.25) is 0 Å². The van der Waals surface area contributed by atoms with Gasteiger partial charge in [0.2, 0.25) is 17.7 Å². The number of imide groups is 1. The molecule has 2 aliphatic rings. The number of amides is 7. The van der Waals surface area contributed by atoms with E-state index in [4.69, 9.17) is 0 Å². The number of carbonyl (C=O) groups is 9. The quantitative estimate of drug-likeness (QED) is 0.0586. The van der Waals surface area contributed by atoms with E-state index in [1.165, 1.54) is 11.8 Å². The van der Waals surface area contributed by atoms with Crippen molar-refractivity contribution in [2.75, 3.05) is 109 Å². The second kappa shape index (κ2) is 27.5. The molecule has 1 fully saturated rings. The van der Waals surface area contributed by atoms with Crippen molar-refractivity contribution in [2.24, 2.45) is 5.92 Å². The minimum absolute atomic E-state index is 0.00565. The number of hydrogen-bond acceptors (Lipinski definition) is 14. The lowest BCUT2D eigenvalue weighted by molar-refractivity contribution is -0.140. The van der Waals surface area contributed by atoms with E-state index in [1.54, 1.807) is 45.9 Å². The van der Waals surface area contributed by atoms with E-state index in [0.29, 0.717) is 36.5 Å². The van der Waals surface area contributed by atoms with Crippen molar-refractivity contribution in [1.82, 2.24) is 45.8 Å². The fourth-order valence-corrected chi connectivity index (χ4v) is 7.26. The molecule has 64 heavy (non-hydrogen) atoms. The van der Waals surface area contributed by atoms with Crippen LogP contribution in [0.25, 0.3) is 0 Å². The molecule has 3 rings (SSSR count). The standard InChI is InChI=1S/C41H62N10O12S/c1-4-28(2)38(40(62)42-12-13-51-33(53)9-10-34(51)54)46-39(61)31(11-22-64-3)45-41(63)44-30-7-5-29(6-8-30)23-43-32(52)24-47-14-16-48(25-35(55)56)18-20-50(27-37(59)60)21-19-49(17-15-47)26-36(57)58/h5-10,28,31,38H,4,11-27H2,1-3H3,(H,42,62)(H,43,52)(H,46,61)(H,55,56)(H,57,58)(H,59,60)(H2,44,45,63)/t28-,31-,38-/m0/s1. The molecule has 1 aromatic carbocycles. The van der Waals surface area contributed by atoms with E-state index in [2.05, 4.69) is 26.6 Å². The van der Waals surface area contributed by atoms with Gasteiger partial charge < -0.3 is 41.9 Å². The molecule has 0 aliphatic carbocycles. The van der Waals surface area contributed by atoms with Crippen LogP contribution in [0, 0.1) is 5.92 Å². The number of nitrogens with one attached hydrogen (secondary N) is 5. The van der Waals surface area contributed by atoms with Crippen molar-refractivity contribution in [3.8, 4) is 0 Å². The fourth-order valence-electron chi connectivity index (χ4n) is 6.79. The highest BCUT2D eigenvalue weighted by Crippen LogP contribution is 2.13. The smallest absolute Gasteiger partial charge is 0.319 e. The largest absolute Gasteiger partial charge is 0.480 e. The number of thioether (sulfide) groups is 1.